The van der Waals surface area contributed by atoms with E-state index in [0.717, 1.165) is 40.1 Å². The number of nitrogens with zero attached hydrogens (tertiary/aromatic N) is 3. The monoisotopic (exact) mass is 1080 g/mol. The summed E-state index contributed by atoms with van der Waals surface area (Å²) in [6, 6.07) is 44.8. The Bertz CT molecular complexity index is 2710. The molecule has 8 aromatic rings. The third-order valence-corrected chi connectivity index (χ3v) is 18.6. The molecule has 0 amide bonds. The van der Waals surface area contributed by atoms with E-state index in [1.54, 1.807) is 15.7 Å². The normalized spacial score (nSPS) is 12.0. The molecule has 0 aliphatic rings. The average Bonchev–Trinajstić information content (AvgIpc) is 3.81. The first-order chi connectivity index (χ1) is 28.5. The van der Waals surface area contributed by atoms with E-state index >= 15 is 0 Å². The molecule has 3 nitrogen and oxygen atoms in total. The van der Waals surface area contributed by atoms with Gasteiger partial charge in [-0.3, -0.25) is 16.3 Å². The molecule has 3 aromatic heterocycles. The van der Waals surface area contributed by atoms with Gasteiger partial charge in [-0.25, -0.2) is 0 Å². The zero-order valence-corrected chi connectivity index (χ0v) is 44.4. The predicted molar refractivity (Wildman–Crippen MR) is 267 cm³/mol. The van der Waals surface area contributed by atoms with Crippen molar-refractivity contribution in [2.24, 2.45) is 5.92 Å². The van der Waals surface area contributed by atoms with E-state index in [-0.39, 0.29) is 20.1 Å². The first-order valence-corrected chi connectivity index (χ1v) is 33.3. The topological polar surface area (TPSA) is 30.7 Å². The molecule has 0 saturated heterocycles. The van der Waals surface area contributed by atoms with Gasteiger partial charge in [-0.1, -0.05) is 123 Å². The summed E-state index contributed by atoms with van der Waals surface area (Å²) in [7, 11) is -1.48. The second-order valence-corrected chi connectivity index (χ2v) is 35.8. The molecular formula is C54H61GeIrN3SSi-2. The summed E-state index contributed by atoms with van der Waals surface area (Å²) in [6.07, 6.45) is 3.27. The van der Waals surface area contributed by atoms with Crippen molar-refractivity contribution in [3.63, 3.8) is 0 Å². The first kappa shape index (κ1) is 46.6. The Kier molecular flexibility index (Phi) is 14.7. The van der Waals surface area contributed by atoms with Gasteiger partial charge in [0.05, 0.1) is 24.9 Å². The first-order valence-electron chi connectivity index (χ1n) is 21.6. The van der Waals surface area contributed by atoms with E-state index in [9.17, 15) is 0 Å². The van der Waals surface area contributed by atoms with Gasteiger partial charge in [0.1, 0.15) is 0 Å². The van der Waals surface area contributed by atoms with Gasteiger partial charge in [0.25, 0.3) is 0 Å². The van der Waals surface area contributed by atoms with E-state index < -0.39 is 21.3 Å². The van der Waals surface area contributed by atoms with Gasteiger partial charge in [-0.05, 0) is 58.4 Å². The zero-order valence-electron chi connectivity index (χ0n) is 38.1. The molecule has 0 bridgehead atoms. The molecule has 8 rings (SSSR count). The summed E-state index contributed by atoms with van der Waals surface area (Å²) in [5.74, 6) is 9.66. The molecule has 1 radical (unpaired) electrons. The SMILES string of the molecule is CC(C)Cc1cc(-c2[c-]cccc2)nc[c]1[Ge]([CH3])([CH3])[CH3].CC(C)c1cc(-c2ccccc2)cc(C(C)C)c1-n1c(-c2[c-]sc3ccc([Si](C)(C)C)cc23)nc2ccccc21.[Ir]. The Balaban J connectivity index is 0.000000250. The standard InChI is InChI=1S/C36H37N2SSi.C18H24GeN.Ir/c1-23(2)28-19-26(25-13-9-8-10-14-25)20-29(24(3)4)35(28)38-33-16-12-11-15-32(33)37-36(38)31-22-39-34-18-17-27(21-30(31)34)40(5,6)7;1-14(2)11-16-12-18(15-9-7-6-8-10-15)20-13-17(16)19(3,4)5;/h8-21,23-24H,1-7H3;6-9,12-14H,11H2,1-5H3;/q2*-1;. The van der Waals surface area contributed by atoms with Crippen LogP contribution >= 0.6 is 11.3 Å². The summed E-state index contributed by atoms with van der Waals surface area (Å²) in [4.78, 5) is 10.0. The van der Waals surface area contributed by atoms with Gasteiger partial charge in [-0.15, -0.1) is 11.5 Å². The van der Waals surface area contributed by atoms with Crippen LogP contribution in [0.1, 0.15) is 70.1 Å². The Morgan fingerprint density at radius 2 is 1.39 bits per heavy atom. The second kappa shape index (κ2) is 19.2. The summed E-state index contributed by atoms with van der Waals surface area (Å²) in [5, 5.41) is 6.42. The molecule has 61 heavy (non-hydrogen) atoms. The fourth-order valence-corrected chi connectivity index (χ4v) is 13.4. The van der Waals surface area contributed by atoms with Gasteiger partial charge in [0.2, 0.25) is 0 Å². The smallest absolute Gasteiger partial charge is 0.0774 e. The minimum Gasteiger partial charge on any atom is -0.333 e. The van der Waals surface area contributed by atoms with Crippen molar-refractivity contribution < 1.29 is 20.1 Å². The molecule has 0 N–H and O–H groups in total. The Morgan fingerprint density at radius 3 is 2.00 bits per heavy atom. The van der Waals surface area contributed by atoms with E-state index in [4.69, 9.17) is 9.97 Å². The summed E-state index contributed by atoms with van der Waals surface area (Å²) < 4.78 is 5.25. The number of thiophene rings is 1. The number of pyridine rings is 1. The number of benzene rings is 5. The molecule has 317 valence electrons. The maximum absolute atomic E-state index is 5.30. The average molecular weight is 1080 g/mol. The van der Waals surface area contributed by atoms with E-state index in [2.05, 4.69) is 198 Å². The molecule has 0 fully saturated rings. The molecule has 3 heterocycles. The number of hydrogen-bond acceptors (Lipinski definition) is 3. The van der Waals surface area contributed by atoms with Crippen LogP contribution in [0, 0.1) is 17.4 Å². The molecule has 0 saturated carbocycles. The van der Waals surface area contributed by atoms with E-state index in [0.29, 0.717) is 17.8 Å². The molecule has 0 aliphatic heterocycles. The van der Waals surface area contributed by atoms with Gasteiger partial charge in [0, 0.05) is 25.8 Å². The molecule has 0 aliphatic carbocycles. The van der Waals surface area contributed by atoms with Gasteiger partial charge in [-0.2, -0.15) is 0 Å². The quantitative estimate of drug-likeness (QED) is 0.101. The maximum atomic E-state index is 5.30. The van der Waals surface area contributed by atoms with Crippen LogP contribution in [0.15, 0.2) is 121 Å². The van der Waals surface area contributed by atoms with Crippen LogP contribution in [0.25, 0.3) is 60.6 Å². The largest absolute Gasteiger partial charge is 0.333 e. The van der Waals surface area contributed by atoms with Crippen LogP contribution in [-0.4, -0.2) is 35.9 Å². The molecule has 7 heteroatoms. The minimum atomic E-state index is -1.86. The van der Waals surface area contributed by atoms with Gasteiger partial charge >= 0.3 is 126 Å². The van der Waals surface area contributed by atoms with E-state index in [1.807, 2.05) is 18.2 Å². The van der Waals surface area contributed by atoms with Crippen molar-refractivity contribution >= 4 is 63.4 Å². The number of imidazole rings is 1. The third kappa shape index (κ3) is 10.3. The van der Waals surface area contributed by atoms with Crippen LogP contribution in [-0.2, 0) is 26.5 Å². The number of rotatable bonds is 10. The maximum Gasteiger partial charge on any atom is 0.0774 e. The fraction of sp³-hybridized carbons (Fsp3) is 0.296. The number of para-hydroxylation sites is 2. The molecular weight excluding hydrogens is 1020 g/mol. The summed E-state index contributed by atoms with van der Waals surface area (Å²) in [5.41, 5.74) is 13.4. The number of hydrogen-bond donors (Lipinski definition) is 0. The van der Waals surface area contributed by atoms with Crippen LogP contribution in [0.2, 0.25) is 36.9 Å². The van der Waals surface area contributed by atoms with Crippen LogP contribution < -0.4 is 9.58 Å². The molecule has 0 unspecified atom stereocenters. The van der Waals surface area contributed by atoms with Crippen LogP contribution in [0.3, 0.4) is 0 Å². The number of aromatic nitrogens is 3. The van der Waals surface area contributed by atoms with Crippen molar-refractivity contribution in [2.45, 2.75) is 96.7 Å². The molecule has 0 atom stereocenters. The van der Waals surface area contributed by atoms with Crippen molar-refractivity contribution in [3.8, 4) is 39.5 Å². The Hall–Kier alpha value is -3.91. The van der Waals surface area contributed by atoms with Crippen molar-refractivity contribution in [1.82, 2.24) is 14.5 Å². The van der Waals surface area contributed by atoms with Crippen LogP contribution in [0.5, 0.6) is 0 Å². The second-order valence-electron chi connectivity index (χ2n) is 19.3. The molecule has 5 aromatic carbocycles. The van der Waals surface area contributed by atoms with Crippen molar-refractivity contribution in [1.29, 1.82) is 0 Å². The third-order valence-electron chi connectivity index (χ3n) is 11.3. The molecule has 0 spiro atoms. The van der Waals surface area contributed by atoms with Gasteiger partial charge < -0.3 is 4.57 Å². The van der Waals surface area contributed by atoms with E-state index in [1.165, 1.54) is 48.8 Å². The number of fused-ring (bicyclic) bond motifs is 2. The van der Waals surface area contributed by atoms with Crippen LogP contribution in [0.4, 0.5) is 0 Å². The zero-order chi connectivity index (χ0) is 42.9. The Morgan fingerprint density at radius 1 is 0.738 bits per heavy atom. The van der Waals surface area contributed by atoms with Gasteiger partial charge in [0.15, 0.2) is 0 Å². The summed E-state index contributed by atoms with van der Waals surface area (Å²) >= 11 is -0.158. The fourth-order valence-electron chi connectivity index (χ4n) is 8.12. The van der Waals surface area contributed by atoms with Crippen molar-refractivity contribution in [3.05, 3.63) is 150 Å². The van der Waals surface area contributed by atoms with Crippen molar-refractivity contribution in [2.75, 3.05) is 0 Å². The Labute approximate surface area is 386 Å². The summed E-state index contributed by atoms with van der Waals surface area (Å²) in [6.45, 7) is 21.0. The minimum absolute atomic E-state index is 0. The predicted octanol–water partition coefficient (Wildman–Crippen LogP) is 14.5.